The fourth-order valence-electron chi connectivity index (χ4n) is 2.83. The third-order valence-electron chi connectivity index (χ3n) is 4.18. The van der Waals surface area contributed by atoms with E-state index in [0.29, 0.717) is 23.1 Å². The Balaban J connectivity index is 1.78. The first-order chi connectivity index (χ1) is 13.3. The topological polar surface area (TPSA) is 60.3 Å². The van der Waals surface area contributed by atoms with Gasteiger partial charge in [-0.15, -0.1) is 0 Å². The summed E-state index contributed by atoms with van der Waals surface area (Å²) in [5, 5.41) is 3.18. The zero-order chi connectivity index (χ0) is 20.3. The summed E-state index contributed by atoms with van der Waals surface area (Å²) in [4.78, 5) is 24.4. The highest BCUT2D eigenvalue weighted by molar-refractivity contribution is 5.93. The van der Waals surface area contributed by atoms with Crippen LogP contribution in [0.1, 0.15) is 12.5 Å². The Kier molecular flexibility index (Phi) is 5.39. The van der Waals surface area contributed by atoms with E-state index in [0.717, 1.165) is 6.07 Å². The number of alkyl halides is 3. The van der Waals surface area contributed by atoms with E-state index < -0.39 is 24.3 Å². The van der Waals surface area contributed by atoms with Crippen molar-refractivity contribution < 1.29 is 22.7 Å². The highest BCUT2D eigenvalue weighted by Gasteiger charge is 2.33. The van der Waals surface area contributed by atoms with Crippen LogP contribution in [-0.2, 0) is 17.5 Å². The molecule has 28 heavy (non-hydrogen) atoms. The molecule has 3 rings (SSSR count). The number of para-hydroxylation sites is 1. The first-order valence-electron chi connectivity index (χ1n) is 8.52. The number of benzene rings is 2. The molecule has 0 saturated carbocycles. The van der Waals surface area contributed by atoms with Gasteiger partial charge in [-0.25, -0.2) is 0 Å². The number of aryl methyl sites for hydroxylation is 1. The standard InChI is InChI=1S/C20H17F3N2O3/c1-2-25-11-10-13-14(19(25)27)6-5-9-17(13)28-12-18(26)24-16-8-4-3-7-15(16)20(21,22)23/h3-11H,2,12H2,1H3,(H,24,26). The summed E-state index contributed by atoms with van der Waals surface area (Å²) in [5.74, 6) is -0.437. The van der Waals surface area contributed by atoms with E-state index in [2.05, 4.69) is 5.32 Å². The van der Waals surface area contributed by atoms with Gasteiger partial charge in [-0.05, 0) is 37.3 Å². The van der Waals surface area contributed by atoms with E-state index in [-0.39, 0.29) is 11.2 Å². The maximum absolute atomic E-state index is 13.0. The van der Waals surface area contributed by atoms with Gasteiger partial charge in [-0.2, -0.15) is 13.2 Å². The molecular formula is C20H17F3N2O3. The highest BCUT2D eigenvalue weighted by Crippen LogP contribution is 2.34. The smallest absolute Gasteiger partial charge is 0.418 e. The Labute approximate surface area is 158 Å². The molecule has 2 aromatic carbocycles. The van der Waals surface area contributed by atoms with Crippen LogP contribution in [0.15, 0.2) is 59.5 Å². The second-order valence-corrected chi connectivity index (χ2v) is 6.00. The third kappa shape index (κ3) is 4.00. The number of hydrogen-bond acceptors (Lipinski definition) is 3. The molecular weight excluding hydrogens is 373 g/mol. The van der Waals surface area contributed by atoms with Crippen molar-refractivity contribution in [2.24, 2.45) is 0 Å². The van der Waals surface area contributed by atoms with Gasteiger partial charge >= 0.3 is 6.18 Å². The number of rotatable bonds is 5. The summed E-state index contributed by atoms with van der Waals surface area (Å²) < 4.78 is 46.0. The SMILES string of the molecule is CCn1ccc2c(OCC(=O)Nc3ccccc3C(F)(F)F)cccc2c1=O. The second-order valence-electron chi connectivity index (χ2n) is 6.00. The number of fused-ring (bicyclic) bond motifs is 1. The lowest BCUT2D eigenvalue weighted by atomic mass is 10.1. The number of hydrogen-bond donors (Lipinski definition) is 1. The molecule has 0 saturated heterocycles. The normalized spacial score (nSPS) is 11.4. The number of ether oxygens (including phenoxy) is 1. The van der Waals surface area contributed by atoms with Crippen LogP contribution in [0.5, 0.6) is 5.75 Å². The lowest BCUT2D eigenvalue weighted by Gasteiger charge is -2.14. The molecule has 0 spiro atoms. The highest BCUT2D eigenvalue weighted by atomic mass is 19.4. The minimum Gasteiger partial charge on any atom is -0.483 e. The van der Waals surface area contributed by atoms with Gasteiger partial charge in [0.1, 0.15) is 5.75 Å². The molecule has 0 aliphatic heterocycles. The average Bonchev–Trinajstić information content (AvgIpc) is 2.66. The molecule has 5 nitrogen and oxygen atoms in total. The molecule has 0 unspecified atom stereocenters. The average molecular weight is 390 g/mol. The minimum atomic E-state index is -4.58. The summed E-state index contributed by atoms with van der Waals surface area (Å²) in [5.41, 5.74) is -1.46. The van der Waals surface area contributed by atoms with Crippen molar-refractivity contribution in [3.05, 3.63) is 70.6 Å². The Morgan fingerprint density at radius 3 is 2.54 bits per heavy atom. The molecule has 1 N–H and O–H groups in total. The number of aromatic nitrogens is 1. The summed E-state index contributed by atoms with van der Waals surface area (Å²) in [6, 6.07) is 11.3. The third-order valence-corrected chi connectivity index (χ3v) is 4.18. The van der Waals surface area contributed by atoms with Crippen LogP contribution in [-0.4, -0.2) is 17.1 Å². The zero-order valence-electron chi connectivity index (χ0n) is 14.9. The lowest BCUT2D eigenvalue weighted by Crippen LogP contribution is -2.22. The Morgan fingerprint density at radius 2 is 1.82 bits per heavy atom. The van der Waals surface area contributed by atoms with Crippen molar-refractivity contribution in [2.75, 3.05) is 11.9 Å². The van der Waals surface area contributed by atoms with Crippen LogP contribution in [0.2, 0.25) is 0 Å². The molecule has 1 amide bonds. The fraction of sp³-hybridized carbons (Fsp3) is 0.200. The Morgan fingerprint density at radius 1 is 1.07 bits per heavy atom. The second kappa shape index (κ2) is 7.75. The predicted molar refractivity (Wildman–Crippen MR) is 99.5 cm³/mol. The number of carbonyl (C=O) groups is 1. The lowest BCUT2D eigenvalue weighted by molar-refractivity contribution is -0.137. The first kappa shape index (κ1) is 19.5. The number of nitrogens with zero attached hydrogens (tertiary/aromatic N) is 1. The van der Waals surface area contributed by atoms with Crippen LogP contribution in [0.4, 0.5) is 18.9 Å². The maximum Gasteiger partial charge on any atom is 0.418 e. The van der Waals surface area contributed by atoms with Crippen molar-refractivity contribution in [1.29, 1.82) is 0 Å². The van der Waals surface area contributed by atoms with Gasteiger partial charge < -0.3 is 14.6 Å². The number of carbonyl (C=O) groups excluding carboxylic acids is 1. The van der Waals surface area contributed by atoms with Crippen LogP contribution >= 0.6 is 0 Å². The van der Waals surface area contributed by atoms with Gasteiger partial charge in [0.25, 0.3) is 11.5 Å². The summed E-state index contributed by atoms with van der Waals surface area (Å²) in [7, 11) is 0. The van der Waals surface area contributed by atoms with Crippen molar-refractivity contribution >= 4 is 22.4 Å². The van der Waals surface area contributed by atoms with Gasteiger partial charge in [0, 0.05) is 18.1 Å². The monoisotopic (exact) mass is 390 g/mol. The van der Waals surface area contributed by atoms with E-state index in [1.165, 1.54) is 22.8 Å². The molecule has 0 atom stereocenters. The number of nitrogens with one attached hydrogen (secondary N) is 1. The molecule has 0 bridgehead atoms. The Hall–Kier alpha value is -3.29. The molecule has 0 aliphatic carbocycles. The van der Waals surface area contributed by atoms with Crippen LogP contribution < -0.4 is 15.6 Å². The van der Waals surface area contributed by atoms with Gasteiger partial charge in [-0.3, -0.25) is 9.59 Å². The van der Waals surface area contributed by atoms with Crippen molar-refractivity contribution in [2.45, 2.75) is 19.6 Å². The fourth-order valence-corrected chi connectivity index (χ4v) is 2.83. The quantitative estimate of drug-likeness (QED) is 0.715. The van der Waals surface area contributed by atoms with Crippen molar-refractivity contribution in [3.8, 4) is 5.75 Å². The van der Waals surface area contributed by atoms with Crippen LogP contribution in [0.25, 0.3) is 10.8 Å². The maximum atomic E-state index is 13.0. The summed E-state index contributed by atoms with van der Waals surface area (Å²) in [6.07, 6.45) is -2.96. The molecule has 1 aromatic heterocycles. The molecule has 0 fully saturated rings. The van der Waals surface area contributed by atoms with Gasteiger partial charge in [0.05, 0.1) is 16.6 Å². The van der Waals surface area contributed by atoms with E-state index in [9.17, 15) is 22.8 Å². The van der Waals surface area contributed by atoms with Crippen molar-refractivity contribution in [3.63, 3.8) is 0 Å². The zero-order valence-corrected chi connectivity index (χ0v) is 14.9. The van der Waals surface area contributed by atoms with Gasteiger partial charge in [0.15, 0.2) is 6.61 Å². The number of pyridine rings is 1. The van der Waals surface area contributed by atoms with E-state index in [1.54, 1.807) is 30.5 Å². The van der Waals surface area contributed by atoms with E-state index in [1.807, 2.05) is 6.92 Å². The van der Waals surface area contributed by atoms with E-state index >= 15 is 0 Å². The molecule has 3 aromatic rings. The first-order valence-corrected chi connectivity index (χ1v) is 8.52. The number of anilines is 1. The molecule has 0 aliphatic rings. The molecule has 8 heteroatoms. The molecule has 1 heterocycles. The number of amides is 1. The molecule has 0 radical (unpaired) electrons. The Bertz CT molecular complexity index is 1070. The van der Waals surface area contributed by atoms with Crippen LogP contribution in [0.3, 0.4) is 0 Å². The minimum absolute atomic E-state index is 0.186. The van der Waals surface area contributed by atoms with E-state index in [4.69, 9.17) is 4.74 Å². The largest absolute Gasteiger partial charge is 0.483 e. The molecule has 146 valence electrons. The van der Waals surface area contributed by atoms with Gasteiger partial charge in [-0.1, -0.05) is 18.2 Å². The summed E-state index contributed by atoms with van der Waals surface area (Å²) in [6.45, 7) is 1.86. The number of halogens is 3. The van der Waals surface area contributed by atoms with Crippen molar-refractivity contribution in [1.82, 2.24) is 4.57 Å². The van der Waals surface area contributed by atoms with Gasteiger partial charge in [0.2, 0.25) is 0 Å². The predicted octanol–water partition coefficient (Wildman–Crippen LogP) is 4.06. The summed E-state index contributed by atoms with van der Waals surface area (Å²) >= 11 is 0. The van der Waals surface area contributed by atoms with Crippen LogP contribution in [0, 0.1) is 0 Å².